The van der Waals surface area contributed by atoms with Gasteiger partial charge < -0.3 is 14.4 Å². The molecule has 0 saturated carbocycles. The van der Waals surface area contributed by atoms with Gasteiger partial charge in [0.2, 0.25) is 0 Å². The van der Waals surface area contributed by atoms with Crippen molar-refractivity contribution in [1.29, 1.82) is 0 Å². The van der Waals surface area contributed by atoms with Crippen LogP contribution < -0.4 is 0 Å². The second-order valence-electron chi connectivity index (χ2n) is 3.98. The fourth-order valence-electron chi connectivity index (χ4n) is 1.56. The van der Waals surface area contributed by atoms with Crippen LogP contribution in [0.3, 0.4) is 0 Å². The number of hydrogen-bond acceptors (Lipinski definition) is 5. The molecule has 1 rings (SSSR count). The van der Waals surface area contributed by atoms with Crippen molar-refractivity contribution in [2.45, 2.75) is 6.42 Å². The number of ether oxygens (including phenoxy) is 2. The van der Waals surface area contributed by atoms with Crippen LogP contribution >= 0.6 is 11.6 Å². The first kappa shape index (κ1) is 16.4. The van der Waals surface area contributed by atoms with Crippen molar-refractivity contribution in [3.8, 4) is 0 Å². The number of carbonyl (C=O) groups excluding carboxylic acids is 2. The summed E-state index contributed by atoms with van der Waals surface area (Å²) in [6, 6.07) is 3.06. The molecule has 0 N–H and O–H groups in total. The molecule has 20 heavy (non-hydrogen) atoms. The SMILES string of the molecule is COCCN(CCC(=O)OC)C(=O)c1ccnc(Cl)c1. The van der Waals surface area contributed by atoms with Crippen molar-refractivity contribution >= 4 is 23.5 Å². The summed E-state index contributed by atoms with van der Waals surface area (Å²) in [7, 11) is 2.86. The maximum atomic E-state index is 12.3. The quantitative estimate of drug-likeness (QED) is 0.562. The van der Waals surface area contributed by atoms with Gasteiger partial charge in [0.05, 0.1) is 20.1 Å². The highest BCUT2D eigenvalue weighted by atomic mass is 35.5. The molecule has 0 spiro atoms. The normalized spacial score (nSPS) is 10.2. The average molecular weight is 301 g/mol. The molecular formula is C13H17ClN2O4. The Balaban J connectivity index is 2.75. The zero-order valence-corrected chi connectivity index (χ0v) is 12.2. The largest absolute Gasteiger partial charge is 0.469 e. The minimum absolute atomic E-state index is 0.130. The van der Waals surface area contributed by atoms with Crippen LogP contribution in [0.5, 0.6) is 0 Å². The topological polar surface area (TPSA) is 68.7 Å². The molecule has 0 fully saturated rings. The van der Waals surface area contributed by atoms with Gasteiger partial charge in [-0.05, 0) is 12.1 Å². The van der Waals surface area contributed by atoms with Crippen LogP contribution in [0.15, 0.2) is 18.3 Å². The Hall–Kier alpha value is -1.66. The fourth-order valence-corrected chi connectivity index (χ4v) is 1.74. The summed E-state index contributed by atoms with van der Waals surface area (Å²) in [5.41, 5.74) is 0.422. The van der Waals surface area contributed by atoms with Gasteiger partial charge in [0.25, 0.3) is 5.91 Å². The summed E-state index contributed by atoms with van der Waals surface area (Å²) in [4.78, 5) is 28.9. The molecule has 1 aromatic rings. The van der Waals surface area contributed by atoms with Crippen LogP contribution in [0.1, 0.15) is 16.8 Å². The Bertz CT molecular complexity index is 467. The van der Waals surface area contributed by atoms with Crippen LogP contribution in [0, 0.1) is 0 Å². The minimum Gasteiger partial charge on any atom is -0.469 e. The van der Waals surface area contributed by atoms with E-state index in [1.54, 1.807) is 13.2 Å². The molecule has 0 radical (unpaired) electrons. The van der Waals surface area contributed by atoms with Crippen LogP contribution in [-0.4, -0.2) is 55.7 Å². The number of hydrogen-bond donors (Lipinski definition) is 0. The molecule has 0 unspecified atom stereocenters. The predicted octanol–water partition coefficient (Wildman–Crippen LogP) is 1.39. The molecule has 0 aliphatic heterocycles. The monoisotopic (exact) mass is 300 g/mol. The summed E-state index contributed by atoms with van der Waals surface area (Å²) in [5.74, 6) is -0.594. The number of amides is 1. The fraction of sp³-hybridized carbons (Fsp3) is 0.462. The molecule has 0 bridgehead atoms. The Labute approximate surface area is 122 Å². The predicted molar refractivity (Wildman–Crippen MR) is 73.7 cm³/mol. The number of methoxy groups -OCH3 is 2. The van der Waals surface area contributed by atoms with Gasteiger partial charge in [-0.15, -0.1) is 0 Å². The van der Waals surface area contributed by atoms with Gasteiger partial charge in [-0.2, -0.15) is 0 Å². The minimum atomic E-state index is -0.368. The van der Waals surface area contributed by atoms with Crippen LogP contribution in [0.4, 0.5) is 0 Å². The molecule has 1 heterocycles. The number of aromatic nitrogens is 1. The van der Waals surface area contributed by atoms with Crippen molar-refractivity contribution in [3.05, 3.63) is 29.0 Å². The van der Waals surface area contributed by atoms with Gasteiger partial charge in [0.15, 0.2) is 0 Å². The maximum Gasteiger partial charge on any atom is 0.307 e. The van der Waals surface area contributed by atoms with E-state index in [2.05, 4.69) is 9.72 Å². The van der Waals surface area contributed by atoms with Gasteiger partial charge >= 0.3 is 5.97 Å². The molecule has 0 saturated heterocycles. The number of nitrogens with zero attached hydrogens (tertiary/aromatic N) is 2. The first-order valence-corrected chi connectivity index (χ1v) is 6.43. The Kier molecular flexibility index (Phi) is 6.97. The van der Waals surface area contributed by atoms with E-state index in [0.29, 0.717) is 18.7 Å². The number of rotatable bonds is 7. The highest BCUT2D eigenvalue weighted by molar-refractivity contribution is 6.29. The molecule has 110 valence electrons. The third kappa shape index (κ3) is 5.14. The Morgan fingerprint density at radius 2 is 2.10 bits per heavy atom. The lowest BCUT2D eigenvalue weighted by Crippen LogP contribution is -2.35. The van der Waals surface area contributed by atoms with E-state index in [1.165, 1.54) is 24.3 Å². The highest BCUT2D eigenvalue weighted by Crippen LogP contribution is 2.10. The third-order valence-corrected chi connectivity index (χ3v) is 2.85. The van der Waals surface area contributed by atoms with E-state index >= 15 is 0 Å². The van der Waals surface area contributed by atoms with Crippen LogP contribution in [0.2, 0.25) is 5.15 Å². The first-order valence-electron chi connectivity index (χ1n) is 6.05. The second-order valence-corrected chi connectivity index (χ2v) is 4.37. The number of carbonyl (C=O) groups is 2. The van der Waals surface area contributed by atoms with Crippen molar-refractivity contribution in [2.24, 2.45) is 0 Å². The standard InChI is InChI=1S/C13H17ClN2O4/c1-19-8-7-16(6-4-12(17)20-2)13(18)10-3-5-15-11(14)9-10/h3,5,9H,4,6-8H2,1-2H3. The highest BCUT2D eigenvalue weighted by Gasteiger charge is 2.17. The van der Waals surface area contributed by atoms with Gasteiger partial charge in [-0.1, -0.05) is 11.6 Å². The van der Waals surface area contributed by atoms with E-state index in [1.807, 2.05) is 0 Å². The Morgan fingerprint density at radius 1 is 1.35 bits per heavy atom. The van der Waals surface area contributed by atoms with Crippen molar-refractivity contribution in [1.82, 2.24) is 9.88 Å². The summed E-state index contributed by atoms with van der Waals surface area (Å²) >= 11 is 5.77. The molecule has 7 heteroatoms. The lowest BCUT2D eigenvalue weighted by atomic mass is 10.2. The van der Waals surface area contributed by atoms with Gasteiger partial charge in [0, 0.05) is 32.0 Å². The summed E-state index contributed by atoms with van der Waals surface area (Å²) < 4.78 is 9.54. The second kappa shape index (κ2) is 8.50. The lowest BCUT2D eigenvalue weighted by molar-refractivity contribution is -0.140. The molecule has 0 aromatic carbocycles. The summed E-state index contributed by atoms with van der Waals surface area (Å²) in [6.45, 7) is 1.02. The van der Waals surface area contributed by atoms with E-state index in [-0.39, 0.29) is 30.0 Å². The third-order valence-electron chi connectivity index (χ3n) is 2.64. The van der Waals surface area contributed by atoms with Crippen molar-refractivity contribution in [2.75, 3.05) is 33.9 Å². The van der Waals surface area contributed by atoms with E-state index < -0.39 is 0 Å². The lowest BCUT2D eigenvalue weighted by Gasteiger charge is -2.22. The molecule has 0 atom stereocenters. The first-order chi connectivity index (χ1) is 9.58. The van der Waals surface area contributed by atoms with Gasteiger partial charge in [-0.3, -0.25) is 9.59 Å². The maximum absolute atomic E-state index is 12.3. The molecule has 1 aromatic heterocycles. The van der Waals surface area contributed by atoms with Gasteiger partial charge in [-0.25, -0.2) is 4.98 Å². The molecule has 0 aliphatic rings. The van der Waals surface area contributed by atoms with Gasteiger partial charge in [0.1, 0.15) is 5.15 Å². The number of esters is 1. The average Bonchev–Trinajstić information content (AvgIpc) is 2.46. The van der Waals surface area contributed by atoms with E-state index in [0.717, 1.165) is 0 Å². The number of halogens is 1. The van der Waals surface area contributed by atoms with Crippen molar-refractivity contribution in [3.63, 3.8) is 0 Å². The van der Waals surface area contributed by atoms with Crippen molar-refractivity contribution < 1.29 is 19.1 Å². The Morgan fingerprint density at radius 3 is 2.70 bits per heavy atom. The zero-order chi connectivity index (χ0) is 15.0. The van der Waals surface area contributed by atoms with Crippen LogP contribution in [0.25, 0.3) is 0 Å². The molecule has 1 amide bonds. The van der Waals surface area contributed by atoms with E-state index in [4.69, 9.17) is 16.3 Å². The summed E-state index contributed by atoms with van der Waals surface area (Å²) in [5, 5.41) is 0.246. The zero-order valence-electron chi connectivity index (χ0n) is 11.5. The van der Waals surface area contributed by atoms with Crippen LogP contribution in [-0.2, 0) is 14.3 Å². The number of pyridine rings is 1. The van der Waals surface area contributed by atoms with E-state index in [9.17, 15) is 9.59 Å². The molecular weight excluding hydrogens is 284 g/mol. The molecule has 0 aliphatic carbocycles. The smallest absolute Gasteiger partial charge is 0.307 e. The molecule has 6 nitrogen and oxygen atoms in total. The summed E-state index contributed by atoms with van der Waals surface area (Å²) in [6.07, 6.45) is 1.59.